The fourth-order valence-corrected chi connectivity index (χ4v) is 5.85. The van der Waals surface area contributed by atoms with Gasteiger partial charge in [-0.15, -0.1) is 0 Å². The van der Waals surface area contributed by atoms with Crippen LogP contribution in [-0.4, -0.2) is 48.7 Å². The van der Waals surface area contributed by atoms with E-state index in [4.69, 9.17) is 13.0 Å². The summed E-state index contributed by atoms with van der Waals surface area (Å²) in [6.45, 7) is 0. The van der Waals surface area contributed by atoms with Crippen LogP contribution in [0.2, 0.25) is 0 Å². The third-order valence-corrected chi connectivity index (χ3v) is 7.41. The van der Waals surface area contributed by atoms with Crippen molar-refractivity contribution in [1.29, 1.82) is 0 Å². The van der Waals surface area contributed by atoms with Gasteiger partial charge in [0.2, 0.25) is 3.58 Å². The van der Waals surface area contributed by atoms with Crippen molar-refractivity contribution in [2.45, 2.75) is 23.8 Å². The maximum atomic E-state index is 13.2. The van der Waals surface area contributed by atoms with Crippen LogP contribution >= 0.6 is 0 Å². The van der Waals surface area contributed by atoms with Crippen molar-refractivity contribution in [3.63, 3.8) is 0 Å². The zero-order valence-electron chi connectivity index (χ0n) is 13.4. The van der Waals surface area contributed by atoms with Crippen molar-refractivity contribution < 1.29 is 60.5 Å². The van der Waals surface area contributed by atoms with E-state index in [1.807, 2.05) is 36.4 Å². The second-order valence-electron chi connectivity index (χ2n) is 5.49. The van der Waals surface area contributed by atoms with Crippen LogP contribution in [0.1, 0.15) is 0 Å². The van der Waals surface area contributed by atoms with Crippen LogP contribution < -0.4 is 21.2 Å². The number of nitrogens with zero attached hydrogens (tertiary/aromatic N) is 1. The molecule has 0 aromatic heterocycles. The summed E-state index contributed by atoms with van der Waals surface area (Å²) in [4.78, 5) is 1.81. The fourth-order valence-electron chi connectivity index (χ4n) is 2.52. The van der Waals surface area contributed by atoms with E-state index < -0.39 is 49.0 Å². The summed E-state index contributed by atoms with van der Waals surface area (Å²) in [6, 6.07) is 8.76. The predicted molar refractivity (Wildman–Crippen MR) is 78.5 cm³/mol. The molecule has 0 amide bonds. The Morgan fingerprint density at radius 2 is 1.48 bits per heavy atom. The largest absolute Gasteiger partial charge is 0.741 e. The number of fused-ring (bicyclic) bond motifs is 2. The van der Waals surface area contributed by atoms with Crippen molar-refractivity contribution in [3.8, 4) is 0 Å². The molecule has 1 aromatic carbocycles. The van der Waals surface area contributed by atoms with Gasteiger partial charge in [0.25, 0.3) is 0 Å². The first kappa shape index (κ1) is 22.2. The average Bonchev–Trinajstić information content (AvgIpc) is 2.99. The van der Waals surface area contributed by atoms with Crippen LogP contribution in [0.15, 0.2) is 51.6 Å². The molecule has 4 nitrogen and oxygen atoms in total. The molecule has 3 rings (SSSR count). The van der Waals surface area contributed by atoms with Crippen molar-refractivity contribution in [2.75, 3.05) is 7.05 Å². The van der Waals surface area contributed by atoms with Gasteiger partial charge in [0.1, 0.15) is 5.57 Å². The number of hydrogen-bond donors (Lipinski definition) is 0. The number of alkyl halides is 6. The van der Waals surface area contributed by atoms with Gasteiger partial charge < -0.3 is 4.55 Å². The standard InChI is InChI=1S/C14H12F3IN.CHF3O3S/c1-19-10-7-8-11(19)13(12(10)14(15,16)17)18-9-5-3-2-4-6-9;2-1(3,4)8(5,6)7/h2-8,10-11H,1H3;(H,5,6,7)/q+1;/p-1. The van der Waals surface area contributed by atoms with Gasteiger partial charge in [0, 0.05) is 0 Å². The molecule has 27 heavy (non-hydrogen) atoms. The Hall–Kier alpha value is -1.12. The molecule has 2 unspecified atom stereocenters. The Morgan fingerprint density at radius 3 is 1.93 bits per heavy atom. The van der Waals surface area contributed by atoms with Gasteiger partial charge in [-0.25, -0.2) is 8.42 Å². The van der Waals surface area contributed by atoms with E-state index in [9.17, 15) is 26.3 Å². The second-order valence-corrected chi connectivity index (χ2v) is 9.81. The maximum Gasteiger partial charge on any atom is 0.485 e. The fraction of sp³-hybridized carbons (Fsp3) is 0.333. The van der Waals surface area contributed by atoms with Gasteiger partial charge in [-0.3, -0.25) is 4.90 Å². The van der Waals surface area contributed by atoms with Gasteiger partial charge in [0.15, 0.2) is 13.7 Å². The second kappa shape index (κ2) is 7.72. The molecule has 0 spiro atoms. The number of rotatable bonds is 2. The van der Waals surface area contributed by atoms with E-state index in [-0.39, 0.29) is 11.6 Å². The third kappa shape index (κ3) is 5.03. The number of likely N-dealkylation sites (N-methyl/N-ethyl adjacent to an activating group) is 1. The molecule has 0 radical (unpaired) electrons. The Kier molecular flexibility index (Phi) is 6.34. The van der Waals surface area contributed by atoms with Crippen LogP contribution in [0.4, 0.5) is 26.3 Å². The predicted octanol–water partition coefficient (Wildman–Crippen LogP) is 0.0654. The lowest BCUT2D eigenvalue weighted by Gasteiger charge is -2.17. The van der Waals surface area contributed by atoms with E-state index in [0.29, 0.717) is 3.58 Å². The van der Waals surface area contributed by atoms with Crippen molar-refractivity contribution in [2.24, 2.45) is 0 Å². The third-order valence-electron chi connectivity index (χ3n) is 3.70. The van der Waals surface area contributed by atoms with Crippen LogP contribution in [0, 0.1) is 3.57 Å². The van der Waals surface area contributed by atoms with Gasteiger partial charge in [-0.1, -0.05) is 30.4 Å². The smallest absolute Gasteiger partial charge is 0.485 e. The normalized spacial score (nSPS) is 22.8. The molecule has 2 heterocycles. The molecule has 0 saturated carbocycles. The Balaban J connectivity index is 0.000000279. The molecular formula is C15H12F6INO3S. The van der Waals surface area contributed by atoms with Crippen molar-refractivity contribution in [1.82, 2.24) is 4.90 Å². The van der Waals surface area contributed by atoms with E-state index in [1.165, 1.54) is 0 Å². The molecule has 2 aliphatic heterocycles. The molecule has 0 N–H and O–H groups in total. The SMILES string of the molecule is CN1C2C=CC1C(C(F)(F)F)=C2[I+]c1ccccc1.O=S(=O)([O-])C(F)(F)F. The molecule has 2 atom stereocenters. The topological polar surface area (TPSA) is 60.4 Å². The van der Waals surface area contributed by atoms with Crippen molar-refractivity contribution in [3.05, 3.63) is 55.2 Å². The molecule has 1 aromatic rings. The first-order chi connectivity index (χ1) is 12.2. The summed E-state index contributed by atoms with van der Waals surface area (Å²) in [6.07, 6.45) is -0.647. The lowest BCUT2D eigenvalue weighted by molar-refractivity contribution is -0.581. The Bertz CT molecular complexity index is 849. The summed E-state index contributed by atoms with van der Waals surface area (Å²) in [5, 5.41) is 0. The highest BCUT2D eigenvalue weighted by atomic mass is 127. The Labute approximate surface area is 161 Å². The van der Waals surface area contributed by atoms with Crippen molar-refractivity contribution >= 4 is 10.1 Å². The summed E-state index contributed by atoms with van der Waals surface area (Å²) in [5.74, 6) is 0. The maximum absolute atomic E-state index is 13.2. The lowest BCUT2D eigenvalue weighted by Crippen LogP contribution is -3.61. The molecule has 0 saturated heterocycles. The molecular weight excluding hydrogens is 515 g/mol. The van der Waals surface area contributed by atoms with E-state index in [2.05, 4.69) is 0 Å². The summed E-state index contributed by atoms with van der Waals surface area (Å²) < 4.78 is 100. The Morgan fingerprint density at radius 1 is 1.00 bits per heavy atom. The molecule has 2 bridgehead atoms. The molecule has 2 aliphatic rings. The monoisotopic (exact) mass is 527 g/mol. The van der Waals surface area contributed by atoms with Crippen LogP contribution in [0.3, 0.4) is 0 Å². The van der Waals surface area contributed by atoms with E-state index >= 15 is 0 Å². The summed E-state index contributed by atoms with van der Waals surface area (Å²) >= 11 is -0.760. The highest BCUT2D eigenvalue weighted by Crippen LogP contribution is 2.41. The highest BCUT2D eigenvalue weighted by Gasteiger charge is 2.56. The highest BCUT2D eigenvalue weighted by molar-refractivity contribution is 7.86. The zero-order chi connectivity index (χ0) is 20.6. The number of benzene rings is 1. The van der Waals surface area contributed by atoms with E-state index in [0.717, 1.165) is 3.57 Å². The van der Waals surface area contributed by atoms with Gasteiger partial charge >= 0.3 is 32.9 Å². The molecule has 0 fully saturated rings. The van der Waals surface area contributed by atoms with Crippen LogP contribution in [0.25, 0.3) is 0 Å². The van der Waals surface area contributed by atoms with Crippen LogP contribution in [0.5, 0.6) is 0 Å². The quantitative estimate of drug-likeness (QED) is 0.180. The van der Waals surface area contributed by atoms with Gasteiger partial charge in [-0.2, -0.15) is 26.3 Å². The number of hydrogen-bond acceptors (Lipinski definition) is 4. The number of halogens is 7. The average molecular weight is 527 g/mol. The van der Waals surface area contributed by atoms with Crippen LogP contribution in [-0.2, 0) is 10.1 Å². The first-order valence-electron chi connectivity index (χ1n) is 7.17. The molecule has 12 heteroatoms. The lowest BCUT2D eigenvalue weighted by atomic mass is 10.1. The van der Waals surface area contributed by atoms with Gasteiger partial charge in [-0.05, 0) is 19.2 Å². The van der Waals surface area contributed by atoms with Gasteiger partial charge in [0.05, 0.1) is 12.1 Å². The minimum absolute atomic E-state index is 0.158. The summed E-state index contributed by atoms with van der Waals surface area (Å²) in [7, 11) is -4.32. The molecule has 150 valence electrons. The minimum atomic E-state index is -6.09. The first-order valence-corrected chi connectivity index (χ1v) is 10.7. The molecule has 0 aliphatic carbocycles. The zero-order valence-corrected chi connectivity index (χ0v) is 16.4. The van der Waals surface area contributed by atoms with E-state index in [1.54, 1.807) is 18.0 Å². The minimum Gasteiger partial charge on any atom is -0.741 e. The summed E-state index contributed by atoms with van der Waals surface area (Å²) in [5.41, 5.74) is -5.97.